The van der Waals surface area contributed by atoms with Gasteiger partial charge in [-0.15, -0.1) is 0 Å². The van der Waals surface area contributed by atoms with Crippen molar-refractivity contribution in [1.82, 2.24) is 0 Å². The molecule has 20 heavy (non-hydrogen) atoms. The van der Waals surface area contributed by atoms with Gasteiger partial charge in [-0.05, 0) is 12.1 Å². The molecule has 0 bridgehead atoms. The molecule has 2 rings (SSSR count). The van der Waals surface area contributed by atoms with Crippen LogP contribution < -0.4 is 9.47 Å². The van der Waals surface area contributed by atoms with E-state index in [9.17, 15) is 10.2 Å². The molecular formula is C16H18O4. The monoisotopic (exact) mass is 274 g/mol. The summed E-state index contributed by atoms with van der Waals surface area (Å²) < 4.78 is 10.4. The van der Waals surface area contributed by atoms with Crippen molar-refractivity contribution in [2.24, 2.45) is 0 Å². The summed E-state index contributed by atoms with van der Waals surface area (Å²) in [7, 11) is 3.06. The number of para-hydroxylation sites is 2. The lowest BCUT2D eigenvalue weighted by atomic mass is 9.97. The lowest BCUT2D eigenvalue weighted by Gasteiger charge is -2.22. The van der Waals surface area contributed by atoms with Crippen molar-refractivity contribution in [1.29, 1.82) is 0 Å². The Morgan fingerprint density at radius 3 is 1.40 bits per heavy atom. The average molecular weight is 274 g/mol. The van der Waals surface area contributed by atoms with Crippen LogP contribution in [0.3, 0.4) is 0 Å². The molecule has 106 valence electrons. The summed E-state index contributed by atoms with van der Waals surface area (Å²) in [5, 5.41) is 20.8. The third-order valence-corrected chi connectivity index (χ3v) is 3.21. The fraction of sp³-hybridized carbons (Fsp3) is 0.250. The van der Waals surface area contributed by atoms with E-state index in [4.69, 9.17) is 9.47 Å². The number of hydrogen-bond acceptors (Lipinski definition) is 4. The highest BCUT2D eigenvalue weighted by molar-refractivity contribution is 5.40. The topological polar surface area (TPSA) is 58.9 Å². The van der Waals surface area contributed by atoms with E-state index in [2.05, 4.69) is 0 Å². The van der Waals surface area contributed by atoms with Gasteiger partial charge in [-0.3, -0.25) is 0 Å². The van der Waals surface area contributed by atoms with E-state index in [1.165, 1.54) is 14.2 Å². The molecule has 0 saturated carbocycles. The van der Waals surface area contributed by atoms with Crippen LogP contribution in [-0.2, 0) is 0 Å². The first kappa shape index (κ1) is 14.4. The molecule has 0 radical (unpaired) electrons. The lowest BCUT2D eigenvalue weighted by Crippen LogP contribution is -2.12. The molecule has 0 unspecified atom stereocenters. The van der Waals surface area contributed by atoms with Gasteiger partial charge in [0.25, 0.3) is 0 Å². The zero-order valence-corrected chi connectivity index (χ0v) is 11.5. The first-order valence-corrected chi connectivity index (χ1v) is 6.31. The maximum absolute atomic E-state index is 10.4. The fourth-order valence-corrected chi connectivity index (χ4v) is 2.16. The second-order valence-corrected chi connectivity index (χ2v) is 4.37. The van der Waals surface area contributed by atoms with Crippen LogP contribution in [0, 0.1) is 0 Å². The summed E-state index contributed by atoms with van der Waals surface area (Å²) in [5.41, 5.74) is 1.07. The van der Waals surface area contributed by atoms with E-state index in [0.29, 0.717) is 22.6 Å². The predicted molar refractivity (Wildman–Crippen MR) is 75.9 cm³/mol. The number of ether oxygens (including phenoxy) is 2. The first-order chi connectivity index (χ1) is 9.69. The molecule has 0 aliphatic heterocycles. The molecule has 0 aliphatic carbocycles. The first-order valence-electron chi connectivity index (χ1n) is 6.31. The van der Waals surface area contributed by atoms with Gasteiger partial charge in [-0.2, -0.15) is 0 Å². The lowest BCUT2D eigenvalue weighted by molar-refractivity contribution is 0.0145. The van der Waals surface area contributed by atoms with E-state index < -0.39 is 12.2 Å². The highest BCUT2D eigenvalue weighted by atomic mass is 16.5. The summed E-state index contributed by atoms with van der Waals surface area (Å²) in [6.07, 6.45) is -2.19. The minimum atomic E-state index is -1.09. The maximum Gasteiger partial charge on any atom is 0.124 e. The second kappa shape index (κ2) is 6.41. The van der Waals surface area contributed by atoms with Crippen molar-refractivity contribution < 1.29 is 19.7 Å². The minimum Gasteiger partial charge on any atom is -0.496 e. The number of methoxy groups -OCH3 is 2. The van der Waals surface area contributed by atoms with E-state index in [0.717, 1.165) is 0 Å². The van der Waals surface area contributed by atoms with Gasteiger partial charge in [-0.1, -0.05) is 36.4 Å². The standard InChI is InChI=1S/C16H18O4/c1-19-13-9-5-3-7-11(13)15(17)16(18)12-8-4-6-10-14(12)20-2/h3-10,15-18H,1-2H3/t15-,16+. The minimum absolute atomic E-state index is 0.536. The summed E-state index contributed by atoms with van der Waals surface area (Å²) in [6, 6.07) is 14.1. The molecule has 0 heterocycles. The van der Waals surface area contributed by atoms with E-state index in [1.54, 1.807) is 36.4 Å². The summed E-state index contributed by atoms with van der Waals surface area (Å²) in [5.74, 6) is 1.07. The Morgan fingerprint density at radius 1 is 0.700 bits per heavy atom. The Balaban J connectivity index is 2.35. The average Bonchev–Trinajstić information content (AvgIpc) is 2.53. The molecule has 2 aromatic rings. The zero-order valence-electron chi connectivity index (χ0n) is 11.5. The molecule has 0 amide bonds. The maximum atomic E-state index is 10.4. The Kier molecular flexibility index (Phi) is 4.61. The van der Waals surface area contributed by atoms with E-state index in [1.807, 2.05) is 12.1 Å². The van der Waals surface area contributed by atoms with Gasteiger partial charge in [0.1, 0.15) is 23.7 Å². The number of benzene rings is 2. The smallest absolute Gasteiger partial charge is 0.124 e. The molecule has 2 aromatic carbocycles. The quantitative estimate of drug-likeness (QED) is 0.879. The van der Waals surface area contributed by atoms with Gasteiger partial charge in [-0.25, -0.2) is 0 Å². The predicted octanol–water partition coefficient (Wildman–Crippen LogP) is 2.47. The van der Waals surface area contributed by atoms with Crippen molar-refractivity contribution in [3.05, 3.63) is 59.7 Å². The zero-order chi connectivity index (χ0) is 14.5. The molecule has 0 aromatic heterocycles. The molecule has 0 aliphatic rings. The molecule has 0 saturated heterocycles. The van der Waals surface area contributed by atoms with Crippen molar-refractivity contribution in [2.45, 2.75) is 12.2 Å². The normalized spacial score (nSPS) is 13.6. The van der Waals surface area contributed by atoms with Crippen LogP contribution in [-0.4, -0.2) is 24.4 Å². The van der Waals surface area contributed by atoms with Crippen molar-refractivity contribution in [2.75, 3.05) is 14.2 Å². The number of aliphatic hydroxyl groups is 2. The van der Waals surface area contributed by atoms with Gasteiger partial charge >= 0.3 is 0 Å². The number of aliphatic hydroxyl groups excluding tert-OH is 2. The largest absolute Gasteiger partial charge is 0.496 e. The van der Waals surface area contributed by atoms with Crippen LogP contribution in [0.25, 0.3) is 0 Å². The van der Waals surface area contributed by atoms with Gasteiger partial charge in [0.2, 0.25) is 0 Å². The molecule has 2 atom stereocenters. The van der Waals surface area contributed by atoms with Crippen molar-refractivity contribution in [3.8, 4) is 11.5 Å². The molecule has 4 heteroatoms. The van der Waals surface area contributed by atoms with Gasteiger partial charge in [0, 0.05) is 11.1 Å². The second-order valence-electron chi connectivity index (χ2n) is 4.37. The van der Waals surface area contributed by atoms with E-state index in [-0.39, 0.29) is 0 Å². The van der Waals surface area contributed by atoms with Crippen LogP contribution in [0.2, 0.25) is 0 Å². The van der Waals surface area contributed by atoms with Crippen LogP contribution in [0.15, 0.2) is 48.5 Å². The molecular weight excluding hydrogens is 256 g/mol. The summed E-state index contributed by atoms with van der Waals surface area (Å²) in [4.78, 5) is 0. The van der Waals surface area contributed by atoms with Crippen LogP contribution in [0.1, 0.15) is 23.3 Å². The Morgan fingerprint density at radius 2 is 1.05 bits per heavy atom. The number of hydrogen-bond donors (Lipinski definition) is 2. The highest BCUT2D eigenvalue weighted by Crippen LogP contribution is 2.37. The Labute approximate surface area is 118 Å². The molecule has 2 N–H and O–H groups in total. The Bertz CT molecular complexity index is 516. The summed E-state index contributed by atoms with van der Waals surface area (Å²) >= 11 is 0. The fourth-order valence-electron chi connectivity index (χ4n) is 2.16. The van der Waals surface area contributed by atoms with Crippen LogP contribution in [0.4, 0.5) is 0 Å². The highest BCUT2D eigenvalue weighted by Gasteiger charge is 2.25. The Hall–Kier alpha value is -2.04. The van der Waals surface area contributed by atoms with Gasteiger partial charge in [0.05, 0.1) is 14.2 Å². The van der Waals surface area contributed by atoms with Crippen molar-refractivity contribution >= 4 is 0 Å². The third kappa shape index (κ3) is 2.76. The van der Waals surface area contributed by atoms with Crippen molar-refractivity contribution in [3.63, 3.8) is 0 Å². The molecule has 0 fully saturated rings. The van der Waals surface area contributed by atoms with Crippen LogP contribution in [0.5, 0.6) is 11.5 Å². The molecule has 0 spiro atoms. The number of rotatable bonds is 5. The van der Waals surface area contributed by atoms with E-state index >= 15 is 0 Å². The van der Waals surface area contributed by atoms with Crippen LogP contribution >= 0.6 is 0 Å². The van der Waals surface area contributed by atoms with Gasteiger partial charge in [0.15, 0.2) is 0 Å². The van der Waals surface area contributed by atoms with Gasteiger partial charge < -0.3 is 19.7 Å². The molecule has 4 nitrogen and oxygen atoms in total. The third-order valence-electron chi connectivity index (χ3n) is 3.21. The summed E-state index contributed by atoms with van der Waals surface area (Å²) in [6.45, 7) is 0. The SMILES string of the molecule is COc1ccccc1[C@@H](O)[C@@H](O)c1ccccc1OC.